The van der Waals surface area contributed by atoms with Crippen molar-refractivity contribution in [3.63, 3.8) is 0 Å². The molecule has 0 radical (unpaired) electrons. The Bertz CT molecular complexity index is 7400. The van der Waals surface area contributed by atoms with Crippen LogP contribution in [0.2, 0.25) is 5.15 Å². The van der Waals surface area contributed by atoms with Gasteiger partial charge in [-0.2, -0.15) is 0 Å². The molecule has 0 aliphatic rings. The van der Waals surface area contributed by atoms with Gasteiger partial charge in [0.15, 0.2) is 69.6 Å². The number of hydrogen-bond acceptors (Lipinski definition) is 20. The quantitative estimate of drug-likeness (QED) is 0.0418. The topological polar surface area (TPSA) is 306 Å². The van der Waals surface area contributed by atoms with Crippen LogP contribution in [0.4, 0.5) is 46.5 Å². The summed E-state index contributed by atoms with van der Waals surface area (Å²) in [6, 6.07) is 38.8. The minimum Gasteiger partial charge on any atom is -0.399 e. The summed E-state index contributed by atoms with van der Waals surface area (Å²) in [4.78, 5) is 54.1. The van der Waals surface area contributed by atoms with Crippen LogP contribution in [-0.4, -0.2) is 133 Å². The second-order valence-corrected chi connectivity index (χ2v) is 29.8. The molecular formula is C92H67ClF8N20O4. The van der Waals surface area contributed by atoms with E-state index in [9.17, 15) is 35.1 Å². The molecule has 0 fully saturated rings. The minimum absolute atomic E-state index is 0.0644. The first-order valence-corrected chi connectivity index (χ1v) is 38.7. The summed E-state index contributed by atoms with van der Waals surface area (Å²) >= 11 is 6.26. The molecule has 16 aromatic heterocycles. The zero-order valence-corrected chi connectivity index (χ0v) is 67.5. The van der Waals surface area contributed by atoms with E-state index in [4.69, 9.17) is 35.4 Å². The SMILES string of the molecule is CN(C)Cc1cc(Cl)nc(-c2cnc3[nH]cc(-c4oncc4-c4cccc(F)c4F)c3c2)c1.CN(C)Cc1ccnc(-c2cnc3[nH]cc(-c4oncc4-c4cccc(F)c4F)c3c2)c1.CN(C)c1ccnc(-c2cnc3[nH]cc(-c4oncc4-c4cccc(F)c4F)c3c2)c1.Nc1ccnc(-c2cnc3[nH]cc(-c4oncc4-c4cccc(F)c4F)c3c2)c1. The lowest BCUT2D eigenvalue weighted by molar-refractivity contribution is 0.402. The van der Waals surface area contributed by atoms with Crippen LogP contribution in [0.25, 0.3) is 179 Å². The number of nitrogens with two attached hydrogens (primary N) is 1. The van der Waals surface area contributed by atoms with Crippen LogP contribution >= 0.6 is 11.6 Å². The number of aromatic amines is 4. The largest absolute Gasteiger partial charge is 0.399 e. The maximum atomic E-state index is 14.5. The van der Waals surface area contributed by atoms with E-state index in [0.29, 0.717) is 119 Å². The standard InChI is InChI=1S/C24H18ClF2N5O.C24H19F2N5O.C23H17F2N5O.C21H13F2N5O/c1-32(2)12-13-6-20(31-21(25)7-13)14-8-16-17(10-29-24(16)28-9-14)23-18(11-30-33-23)15-4-3-5-19(26)22(15)27;1-31(2)13-14-6-7-27-21(8-14)15-9-17-18(11-29-24(17)28-10-15)23-19(12-30-32-23)16-4-3-5-20(25)22(16)26;1-30(2)14-6-7-26-20(9-14)13-8-16-17(11-28-23(16)27-10-13)22-18(12-29-31-22)15-4-3-5-19(24)21(15)25;22-17-3-1-2-13(19(17)23)16-10-28-29-20(16)15-9-27-21-14(15)6-11(8-26-21)18-7-12(24)4-5-25-18/h3-11H,12H2,1-2H3,(H,28,29);3-12H,13H2,1-2H3,(H,28,29);3-12H,1-2H3,(H,27,28);1-10H,(H2,24,25)(H,26,27). The molecule has 0 unspecified atom stereocenters. The Morgan fingerprint density at radius 1 is 0.328 bits per heavy atom. The van der Waals surface area contributed by atoms with Crippen LogP contribution in [0, 0.1) is 46.5 Å². The van der Waals surface area contributed by atoms with Crippen molar-refractivity contribution in [2.24, 2.45) is 0 Å². The van der Waals surface area contributed by atoms with E-state index in [1.807, 2.05) is 113 Å². The van der Waals surface area contributed by atoms with Crippen molar-refractivity contribution in [1.29, 1.82) is 0 Å². The average Bonchev–Trinajstić information content (AvgIpc) is 1.64. The van der Waals surface area contributed by atoms with Crippen molar-refractivity contribution in [3.8, 4) is 135 Å². The molecule has 0 atom stereocenters. The first kappa shape index (κ1) is 81.7. The van der Waals surface area contributed by atoms with E-state index >= 15 is 0 Å². The molecule has 20 rings (SSSR count). The van der Waals surface area contributed by atoms with E-state index < -0.39 is 46.5 Å². The highest BCUT2D eigenvalue weighted by Gasteiger charge is 2.28. The molecule has 125 heavy (non-hydrogen) atoms. The summed E-state index contributed by atoms with van der Waals surface area (Å²) in [7, 11) is 11.9. The summed E-state index contributed by atoms with van der Waals surface area (Å²) < 4.78 is 135. The lowest BCUT2D eigenvalue weighted by Crippen LogP contribution is -2.10. The predicted octanol–water partition coefficient (Wildman–Crippen LogP) is 21.3. The van der Waals surface area contributed by atoms with Crippen molar-refractivity contribution in [2.45, 2.75) is 13.1 Å². The molecule has 0 saturated carbocycles. The number of pyridine rings is 8. The van der Waals surface area contributed by atoms with Crippen molar-refractivity contribution in [1.82, 2.24) is 90.2 Å². The Morgan fingerprint density at radius 3 is 1.00 bits per heavy atom. The number of halogens is 9. The fourth-order valence-electron chi connectivity index (χ4n) is 14.4. The molecule has 16 heterocycles. The normalized spacial score (nSPS) is 11.4. The van der Waals surface area contributed by atoms with Gasteiger partial charge < -0.3 is 58.5 Å². The van der Waals surface area contributed by atoms with Gasteiger partial charge in [0, 0.05) is 195 Å². The molecule has 0 aliphatic carbocycles. The number of rotatable bonds is 17. The zero-order chi connectivity index (χ0) is 86.8. The number of H-pyrrole nitrogens is 4. The molecule has 0 amide bonds. The monoisotopic (exact) mass is 1700 g/mol. The molecule has 0 saturated heterocycles. The summed E-state index contributed by atoms with van der Waals surface area (Å²) in [5.74, 6) is -6.30. The van der Waals surface area contributed by atoms with Crippen LogP contribution in [0.15, 0.2) is 257 Å². The van der Waals surface area contributed by atoms with Gasteiger partial charge in [-0.3, -0.25) is 15.0 Å². The number of benzene rings is 4. The number of anilines is 2. The first-order chi connectivity index (χ1) is 60.5. The highest BCUT2D eigenvalue weighted by molar-refractivity contribution is 6.29. The van der Waals surface area contributed by atoms with Crippen molar-refractivity contribution in [3.05, 3.63) is 301 Å². The maximum Gasteiger partial charge on any atom is 0.176 e. The number of nitrogens with zero attached hydrogens (tertiary/aromatic N) is 15. The average molecular weight is 1700 g/mol. The van der Waals surface area contributed by atoms with Crippen LogP contribution in [0.5, 0.6) is 0 Å². The molecule has 6 N–H and O–H groups in total. The second-order valence-electron chi connectivity index (χ2n) is 29.4. The predicted molar refractivity (Wildman–Crippen MR) is 459 cm³/mol. The zero-order valence-electron chi connectivity index (χ0n) is 66.8. The van der Waals surface area contributed by atoms with Gasteiger partial charge in [0.2, 0.25) is 0 Å². The third kappa shape index (κ3) is 16.8. The van der Waals surface area contributed by atoms with Crippen LogP contribution < -0.4 is 10.6 Å². The van der Waals surface area contributed by atoms with Gasteiger partial charge in [-0.25, -0.2) is 60.0 Å². The number of nitrogen functional groups attached to an aromatic ring is 1. The lowest BCUT2D eigenvalue weighted by Gasteiger charge is -2.13. The molecule has 4 aromatic carbocycles. The summed E-state index contributed by atoms with van der Waals surface area (Å²) in [5, 5.41) is 18.6. The van der Waals surface area contributed by atoms with Crippen molar-refractivity contribution >= 4 is 67.1 Å². The summed E-state index contributed by atoms with van der Waals surface area (Å²) in [6.07, 6.45) is 24.3. The number of nitrogens with one attached hydrogen (secondary N) is 4. The molecule has 0 bridgehead atoms. The Balaban J connectivity index is 0.000000118. The van der Waals surface area contributed by atoms with E-state index in [-0.39, 0.29) is 22.3 Å². The number of aromatic nitrogens is 16. The molecule has 33 heteroatoms. The van der Waals surface area contributed by atoms with Gasteiger partial charge in [0.05, 0.1) is 69.8 Å². The van der Waals surface area contributed by atoms with Gasteiger partial charge in [-0.1, -0.05) is 80.8 Å². The van der Waals surface area contributed by atoms with Gasteiger partial charge in [0.25, 0.3) is 0 Å². The highest BCUT2D eigenvalue weighted by Crippen LogP contribution is 2.44. The molecule has 24 nitrogen and oxygen atoms in total. The van der Waals surface area contributed by atoms with Crippen LogP contribution in [0.3, 0.4) is 0 Å². The minimum atomic E-state index is -0.961. The van der Waals surface area contributed by atoms with Gasteiger partial charge >= 0.3 is 0 Å². The first-order valence-electron chi connectivity index (χ1n) is 38.3. The Morgan fingerprint density at radius 2 is 0.648 bits per heavy atom. The van der Waals surface area contributed by atoms with Crippen molar-refractivity contribution < 1.29 is 53.2 Å². The van der Waals surface area contributed by atoms with E-state index in [2.05, 4.69) is 85.3 Å². The molecule has 622 valence electrons. The maximum absolute atomic E-state index is 14.5. The van der Waals surface area contributed by atoms with Gasteiger partial charge in [-0.05, 0) is 136 Å². The van der Waals surface area contributed by atoms with Gasteiger partial charge in [-0.15, -0.1) is 0 Å². The molecule has 0 spiro atoms. The second kappa shape index (κ2) is 34.8. The summed E-state index contributed by atoms with van der Waals surface area (Å²) in [5.41, 5.74) is 22.3. The molecule has 0 aliphatic heterocycles. The number of hydrogen-bond donors (Lipinski definition) is 5. The van der Waals surface area contributed by atoms with E-state index in [1.54, 1.807) is 80.3 Å². The van der Waals surface area contributed by atoms with Crippen LogP contribution in [-0.2, 0) is 13.1 Å². The van der Waals surface area contributed by atoms with Gasteiger partial charge in [0.1, 0.15) is 27.7 Å². The molecule has 20 aromatic rings. The smallest absolute Gasteiger partial charge is 0.176 e. The van der Waals surface area contributed by atoms with E-state index in [0.717, 1.165) is 103 Å². The van der Waals surface area contributed by atoms with E-state index in [1.165, 1.54) is 73.3 Å². The Hall–Kier alpha value is -15.7. The Kier molecular flexibility index (Phi) is 22.7. The fraction of sp³-hybridized carbons (Fsp3) is 0.0870. The number of fused-ring (bicyclic) bond motifs is 4. The highest BCUT2D eigenvalue weighted by atomic mass is 35.5. The van der Waals surface area contributed by atoms with Crippen molar-refractivity contribution in [2.75, 3.05) is 52.9 Å². The third-order valence-corrected chi connectivity index (χ3v) is 20.4. The fourth-order valence-corrected chi connectivity index (χ4v) is 14.6. The molecular weight excluding hydrogens is 1640 g/mol. The lowest BCUT2D eigenvalue weighted by atomic mass is 10.0. The summed E-state index contributed by atoms with van der Waals surface area (Å²) in [6.45, 7) is 1.50. The van der Waals surface area contributed by atoms with Crippen LogP contribution in [0.1, 0.15) is 11.1 Å². The Labute approximate surface area is 709 Å². The third-order valence-electron chi connectivity index (χ3n) is 20.3.